The summed E-state index contributed by atoms with van der Waals surface area (Å²) >= 11 is 0. The van der Waals surface area contributed by atoms with Gasteiger partial charge >= 0.3 is 0 Å². The van der Waals surface area contributed by atoms with Crippen LogP contribution in [0.25, 0.3) is 0 Å². The molecule has 0 aliphatic heterocycles. The van der Waals surface area contributed by atoms with E-state index in [9.17, 15) is 8.78 Å². The first kappa shape index (κ1) is 13.3. The van der Waals surface area contributed by atoms with Crippen molar-refractivity contribution >= 4 is 0 Å². The first-order valence-electron chi connectivity index (χ1n) is 5.82. The molecule has 0 aliphatic carbocycles. The Labute approximate surface area is 110 Å². The molecule has 2 aromatic rings. The van der Waals surface area contributed by atoms with Gasteiger partial charge < -0.3 is 9.47 Å². The van der Waals surface area contributed by atoms with Crippen molar-refractivity contribution in [2.24, 2.45) is 0 Å². The largest absolute Gasteiger partial charge is 0.494 e. The number of hydrogen-bond donors (Lipinski definition) is 0. The quantitative estimate of drug-likeness (QED) is 0.834. The van der Waals surface area contributed by atoms with Crippen molar-refractivity contribution in [3.63, 3.8) is 0 Å². The fourth-order valence-electron chi connectivity index (χ4n) is 1.63. The summed E-state index contributed by atoms with van der Waals surface area (Å²) in [6.45, 7) is 2.16. The third-order valence-electron chi connectivity index (χ3n) is 2.75. The lowest BCUT2D eigenvalue weighted by Crippen LogP contribution is -2.00. The zero-order valence-corrected chi connectivity index (χ0v) is 10.7. The van der Waals surface area contributed by atoms with E-state index >= 15 is 0 Å². The van der Waals surface area contributed by atoms with Crippen molar-refractivity contribution in [1.29, 1.82) is 0 Å². The normalized spacial score (nSPS) is 10.3. The van der Waals surface area contributed by atoms with Gasteiger partial charge in [0.05, 0.1) is 7.11 Å². The van der Waals surface area contributed by atoms with E-state index in [2.05, 4.69) is 4.74 Å². The summed E-state index contributed by atoms with van der Waals surface area (Å²) in [5.74, 6) is -2.34. The van der Waals surface area contributed by atoms with Crippen LogP contribution in [0.15, 0.2) is 36.4 Å². The summed E-state index contributed by atoms with van der Waals surface area (Å²) in [5, 5.41) is 0. The second kappa shape index (κ2) is 5.69. The summed E-state index contributed by atoms with van der Waals surface area (Å²) in [4.78, 5) is 0. The predicted octanol–water partition coefficient (Wildman–Crippen LogP) is 3.86. The van der Waals surface area contributed by atoms with Crippen molar-refractivity contribution < 1.29 is 18.3 Å². The van der Waals surface area contributed by atoms with Gasteiger partial charge in [0.15, 0.2) is 11.5 Å². The highest BCUT2D eigenvalue weighted by atomic mass is 19.2. The minimum Gasteiger partial charge on any atom is -0.494 e. The van der Waals surface area contributed by atoms with Crippen molar-refractivity contribution in [1.82, 2.24) is 0 Å². The van der Waals surface area contributed by atoms with E-state index in [1.165, 1.54) is 19.2 Å². The lowest BCUT2D eigenvalue weighted by atomic mass is 10.2. The first-order chi connectivity index (χ1) is 9.11. The average molecular weight is 264 g/mol. The second-order valence-electron chi connectivity index (χ2n) is 4.17. The van der Waals surface area contributed by atoms with E-state index in [1.54, 1.807) is 0 Å². The van der Waals surface area contributed by atoms with Crippen LogP contribution in [0.4, 0.5) is 8.78 Å². The van der Waals surface area contributed by atoms with Crippen LogP contribution >= 0.6 is 0 Å². The minimum absolute atomic E-state index is 0.126. The van der Waals surface area contributed by atoms with Crippen molar-refractivity contribution in [2.75, 3.05) is 7.11 Å². The summed E-state index contributed by atoms with van der Waals surface area (Å²) in [7, 11) is 1.28. The molecule has 0 aliphatic rings. The molecule has 4 heteroatoms. The van der Waals surface area contributed by atoms with E-state index in [1.807, 2.05) is 31.2 Å². The molecular formula is C15H14F2O2. The lowest BCUT2D eigenvalue weighted by Gasteiger charge is -2.09. The molecular weight excluding hydrogens is 250 g/mol. The van der Waals surface area contributed by atoms with E-state index < -0.39 is 11.6 Å². The molecule has 2 rings (SSSR count). The maximum absolute atomic E-state index is 13.6. The van der Waals surface area contributed by atoms with Crippen LogP contribution in [0.5, 0.6) is 11.5 Å². The molecule has 0 N–H and O–H groups in total. The molecule has 0 atom stereocenters. The molecule has 0 fully saturated rings. The molecule has 2 aromatic carbocycles. The molecule has 19 heavy (non-hydrogen) atoms. The molecule has 0 unspecified atom stereocenters. The molecule has 0 saturated heterocycles. The zero-order chi connectivity index (χ0) is 13.8. The highest BCUT2D eigenvalue weighted by Gasteiger charge is 2.14. The number of aryl methyl sites for hydroxylation is 1. The van der Waals surface area contributed by atoms with E-state index in [0.29, 0.717) is 0 Å². The second-order valence-corrected chi connectivity index (χ2v) is 4.17. The molecule has 0 spiro atoms. The summed E-state index contributed by atoms with van der Waals surface area (Å²) in [5.41, 5.74) is 2.02. The number of halogens is 2. The maximum atomic E-state index is 13.6. The number of methoxy groups -OCH3 is 1. The van der Waals surface area contributed by atoms with Crippen LogP contribution < -0.4 is 9.47 Å². The van der Waals surface area contributed by atoms with Gasteiger partial charge in [-0.05, 0) is 24.6 Å². The van der Waals surface area contributed by atoms with Gasteiger partial charge in [0.25, 0.3) is 0 Å². The van der Waals surface area contributed by atoms with Crippen LogP contribution in [0.1, 0.15) is 11.1 Å². The molecule has 0 radical (unpaired) electrons. The fourth-order valence-corrected chi connectivity index (χ4v) is 1.63. The van der Waals surface area contributed by atoms with Crippen molar-refractivity contribution in [3.05, 3.63) is 59.2 Å². The number of benzene rings is 2. The molecule has 0 saturated carbocycles. The van der Waals surface area contributed by atoms with Gasteiger partial charge in [0.1, 0.15) is 6.61 Å². The summed E-state index contributed by atoms with van der Waals surface area (Å²) < 4.78 is 37.1. The molecule has 2 nitrogen and oxygen atoms in total. The topological polar surface area (TPSA) is 18.5 Å². The van der Waals surface area contributed by atoms with Crippen LogP contribution in [0.3, 0.4) is 0 Å². The predicted molar refractivity (Wildman–Crippen MR) is 68.4 cm³/mol. The lowest BCUT2D eigenvalue weighted by molar-refractivity contribution is 0.280. The van der Waals surface area contributed by atoms with Gasteiger partial charge in [-0.2, -0.15) is 8.78 Å². The van der Waals surface area contributed by atoms with Gasteiger partial charge in [0.2, 0.25) is 11.6 Å². The van der Waals surface area contributed by atoms with Crippen LogP contribution in [0, 0.1) is 18.6 Å². The van der Waals surface area contributed by atoms with Gasteiger partial charge in [-0.1, -0.05) is 29.8 Å². The van der Waals surface area contributed by atoms with Crippen LogP contribution in [-0.2, 0) is 6.61 Å². The third-order valence-corrected chi connectivity index (χ3v) is 2.75. The molecule has 100 valence electrons. The highest BCUT2D eigenvalue weighted by Crippen LogP contribution is 2.27. The standard InChI is InChI=1S/C15H14F2O2/c1-10-3-5-11(6-4-10)9-19-13-8-7-12(18-2)14(16)15(13)17/h3-8H,9H2,1-2H3. The van der Waals surface area contributed by atoms with E-state index in [-0.39, 0.29) is 18.1 Å². The molecule has 0 heterocycles. The number of ether oxygens (including phenoxy) is 2. The van der Waals surface area contributed by atoms with Gasteiger partial charge in [0, 0.05) is 0 Å². The first-order valence-corrected chi connectivity index (χ1v) is 5.82. The Kier molecular flexibility index (Phi) is 4.00. The monoisotopic (exact) mass is 264 g/mol. The van der Waals surface area contributed by atoms with Crippen LogP contribution in [-0.4, -0.2) is 7.11 Å². The maximum Gasteiger partial charge on any atom is 0.204 e. The molecule has 0 bridgehead atoms. The smallest absolute Gasteiger partial charge is 0.204 e. The Morgan fingerprint density at radius 1 is 0.895 bits per heavy atom. The van der Waals surface area contributed by atoms with Gasteiger partial charge in [-0.25, -0.2) is 0 Å². The summed E-state index contributed by atoms with van der Waals surface area (Å²) in [6, 6.07) is 10.3. The Morgan fingerprint density at radius 3 is 2.11 bits per heavy atom. The number of hydrogen-bond acceptors (Lipinski definition) is 2. The Balaban J connectivity index is 2.11. The Morgan fingerprint density at radius 2 is 1.47 bits per heavy atom. The Bertz CT molecular complexity index is 565. The van der Waals surface area contributed by atoms with Gasteiger partial charge in [-0.3, -0.25) is 0 Å². The van der Waals surface area contributed by atoms with E-state index in [0.717, 1.165) is 11.1 Å². The van der Waals surface area contributed by atoms with Crippen molar-refractivity contribution in [3.8, 4) is 11.5 Å². The van der Waals surface area contributed by atoms with E-state index in [4.69, 9.17) is 4.74 Å². The third kappa shape index (κ3) is 3.02. The SMILES string of the molecule is COc1ccc(OCc2ccc(C)cc2)c(F)c1F. The van der Waals surface area contributed by atoms with Crippen molar-refractivity contribution in [2.45, 2.75) is 13.5 Å². The summed E-state index contributed by atoms with van der Waals surface area (Å²) in [6.07, 6.45) is 0. The molecule has 0 amide bonds. The zero-order valence-electron chi connectivity index (χ0n) is 10.7. The van der Waals surface area contributed by atoms with Crippen LogP contribution in [0.2, 0.25) is 0 Å². The highest BCUT2D eigenvalue weighted by molar-refractivity contribution is 5.35. The van der Waals surface area contributed by atoms with Gasteiger partial charge in [-0.15, -0.1) is 0 Å². The fraction of sp³-hybridized carbons (Fsp3) is 0.200. The Hall–Kier alpha value is -2.10. The number of rotatable bonds is 4. The minimum atomic E-state index is -1.04. The molecule has 0 aromatic heterocycles. The average Bonchev–Trinajstić information content (AvgIpc) is 2.42.